The van der Waals surface area contributed by atoms with Gasteiger partial charge in [0.25, 0.3) is 5.91 Å². The van der Waals surface area contributed by atoms with Gasteiger partial charge in [-0.25, -0.2) is 0 Å². The molecule has 1 fully saturated rings. The van der Waals surface area contributed by atoms with Gasteiger partial charge in [-0.3, -0.25) is 9.59 Å². The van der Waals surface area contributed by atoms with Gasteiger partial charge >= 0.3 is 0 Å². The van der Waals surface area contributed by atoms with E-state index in [0.29, 0.717) is 18.5 Å². The molecule has 26 heavy (non-hydrogen) atoms. The average molecular weight is 362 g/mol. The zero-order valence-corrected chi connectivity index (χ0v) is 16.9. The van der Waals surface area contributed by atoms with Crippen molar-refractivity contribution in [2.45, 2.75) is 84.3 Å². The van der Waals surface area contributed by atoms with E-state index in [4.69, 9.17) is 0 Å². The molecule has 0 unspecified atom stereocenters. The van der Waals surface area contributed by atoms with E-state index in [0.717, 1.165) is 63.0 Å². The maximum absolute atomic E-state index is 13.2. The van der Waals surface area contributed by atoms with Crippen molar-refractivity contribution in [2.24, 2.45) is 5.92 Å². The zero-order chi connectivity index (χ0) is 18.8. The van der Waals surface area contributed by atoms with Crippen molar-refractivity contribution in [3.8, 4) is 0 Å². The molecule has 5 heteroatoms. The second-order valence-corrected chi connectivity index (χ2v) is 8.53. The first-order valence-electron chi connectivity index (χ1n) is 10.5. The van der Waals surface area contributed by atoms with E-state index in [1.807, 2.05) is 0 Å². The van der Waals surface area contributed by atoms with Crippen LogP contribution in [0.3, 0.4) is 0 Å². The van der Waals surface area contributed by atoms with Gasteiger partial charge in [-0.15, -0.1) is 0 Å². The zero-order valence-electron chi connectivity index (χ0n) is 16.9. The number of amides is 1. The molecule has 3 heterocycles. The van der Waals surface area contributed by atoms with Crippen LogP contribution in [0.15, 0.2) is 11.3 Å². The van der Waals surface area contributed by atoms with Gasteiger partial charge in [-0.05, 0) is 46.5 Å². The highest BCUT2D eigenvalue weighted by molar-refractivity contribution is 5.96. The number of likely N-dealkylation sites (tertiary alicyclic amines) is 1. The van der Waals surface area contributed by atoms with Crippen LogP contribution in [0.2, 0.25) is 0 Å². The van der Waals surface area contributed by atoms with Crippen LogP contribution in [0.1, 0.15) is 66.2 Å². The summed E-state index contributed by atoms with van der Waals surface area (Å²) in [5, 5.41) is 3.57. The topological polar surface area (TPSA) is 52.7 Å². The Morgan fingerprint density at radius 1 is 1.23 bits per heavy atom. The minimum atomic E-state index is -0.0552. The third-order valence-electron chi connectivity index (χ3n) is 6.55. The Morgan fingerprint density at radius 3 is 2.50 bits per heavy atom. The van der Waals surface area contributed by atoms with Crippen LogP contribution in [-0.4, -0.2) is 59.3 Å². The average Bonchev–Trinajstić information content (AvgIpc) is 2.62. The van der Waals surface area contributed by atoms with E-state index in [9.17, 15) is 9.59 Å². The molecule has 0 saturated carbocycles. The Labute approximate surface area is 158 Å². The Bertz CT molecular complexity index is 576. The summed E-state index contributed by atoms with van der Waals surface area (Å²) >= 11 is 0. The first-order valence-corrected chi connectivity index (χ1v) is 10.5. The summed E-state index contributed by atoms with van der Waals surface area (Å²) in [5.74, 6) is 0.334. The van der Waals surface area contributed by atoms with Crippen molar-refractivity contribution in [1.82, 2.24) is 15.1 Å². The fourth-order valence-electron chi connectivity index (χ4n) is 4.92. The first-order chi connectivity index (χ1) is 12.4. The SMILES string of the molecule is CCC[C@@H]1NC2=C(C[C@@H]1C(C)=O)C(=O)N(C1CCN(C(C)C)CC1)CC2. The van der Waals surface area contributed by atoms with Crippen molar-refractivity contribution in [3.05, 3.63) is 11.3 Å². The van der Waals surface area contributed by atoms with Gasteiger partial charge in [0.05, 0.1) is 0 Å². The summed E-state index contributed by atoms with van der Waals surface area (Å²) in [7, 11) is 0. The summed E-state index contributed by atoms with van der Waals surface area (Å²) < 4.78 is 0. The van der Waals surface area contributed by atoms with Crippen molar-refractivity contribution < 1.29 is 9.59 Å². The van der Waals surface area contributed by atoms with Crippen LogP contribution >= 0.6 is 0 Å². The van der Waals surface area contributed by atoms with Gasteiger partial charge in [0.2, 0.25) is 0 Å². The number of hydrogen-bond acceptors (Lipinski definition) is 4. The number of carbonyl (C=O) groups is 2. The lowest BCUT2D eigenvalue weighted by Gasteiger charge is -2.44. The number of nitrogens with zero attached hydrogens (tertiary/aromatic N) is 2. The molecule has 3 rings (SSSR count). The van der Waals surface area contributed by atoms with Crippen LogP contribution in [0, 0.1) is 5.92 Å². The van der Waals surface area contributed by atoms with Crippen molar-refractivity contribution in [3.63, 3.8) is 0 Å². The highest BCUT2D eigenvalue weighted by Crippen LogP contribution is 2.34. The van der Waals surface area contributed by atoms with Crippen LogP contribution in [0.25, 0.3) is 0 Å². The van der Waals surface area contributed by atoms with E-state index in [2.05, 4.69) is 35.9 Å². The molecule has 0 aromatic carbocycles. The second-order valence-electron chi connectivity index (χ2n) is 8.53. The lowest BCUT2D eigenvalue weighted by molar-refractivity contribution is -0.132. The van der Waals surface area contributed by atoms with Crippen LogP contribution in [0.4, 0.5) is 0 Å². The Morgan fingerprint density at radius 2 is 1.92 bits per heavy atom. The molecule has 146 valence electrons. The number of nitrogens with one attached hydrogen (secondary N) is 1. The fraction of sp³-hybridized carbons (Fsp3) is 0.810. The number of Topliss-reactive ketones (excluding diaryl/α,β-unsaturated/α-hetero) is 1. The van der Waals surface area contributed by atoms with E-state index in [1.165, 1.54) is 0 Å². The van der Waals surface area contributed by atoms with Gasteiger partial charge in [-0.2, -0.15) is 0 Å². The molecule has 1 amide bonds. The predicted octanol–water partition coefficient (Wildman–Crippen LogP) is 2.71. The molecule has 0 spiro atoms. The number of rotatable bonds is 5. The highest BCUT2D eigenvalue weighted by Gasteiger charge is 2.40. The van der Waals surface area contributed by atoms with E-state index in [-0.39, 0.29) is 23.7 Å². The third-order valence-corrected chi connectivity index (χ3v) is 6.55. The molecule has 0 aromatic rings. The van der Waals surface area contributed by atoms with Gasteiger partial charge < -0.3 is 15.1 Å². The molecule has 0 aromatic heterocycles. The molecule has 0 bridgehead atoms. The maximum atomic E-state index is 13.2. The van der Waals surface area contributed by atoms with E-state index < -0.39 is 0 Å². The van der Waals surface area contributed by atoms with Crippen molar-refractivity contribution >= 4 is 11.7 Å². The number of ketones is 1. The quantitative estimate of drug-likeness (QED) is 0.818. The van der Waals surface area contributed by atoms with Crippen LogP contribution in [0.5, 0.6) is 0 Å². The standard InChI is InChI=1S/C21H35N3O2/c1-5-6-19-17(15(4)25)13-18-20(22-19)9-12-24(21(18)26)16-7-10-23(11-8-16)14(2)3/h14,16-17,19,22H,5-13H2,1-4H3/t17-,19+/m1/s1. The molecule has 1 N–H and O–H groups in total. The van der Waals surface area contributed by atoms with Crippen LogP contribution < -0.4 is 5.32 Å². The smallest absolute Gasteiger partial charge is 0.251 e. The van der Waals surface area contributed by atoms with Gasteiger partial charge in [0, 0.05) is 61.4 Å². The van der Waals surface area contributed by atoms with Crippen molar-refractivity contribution in [2.75, 3.05) is 19.6 Å². The molecular weight excluding hydrogens is 326 g/mol. The highest BCUT2D eigenvalue weighted by atomic mass is 16.2. The second kappa shape index (κ2) is 8.12. The monoisotopic (exact) mass is 361 g/mol. The summed E-state index contributed by atoms with van der Waals surface area (Å²) in [6.45, 7) is 11.3. The largest absolute Gasteiger partial charge is 0.384 e. The Balaban J connectivity index is 1.71. The summed E-state index contributed by atoms with van der Waals surface area (Å²) in [4.78, 5) is 30.0. The Hall–Kier alpha value is -1.36. The first kappa shape index (κ1) is 19.4. The number of hydrogen-bond donors (Lipinski definition) is 1. The van der Waals surface area contributed by atoms with Gasteiger partial charge in [0.15, 0.2) is 0 Å². The molecule has 0 radical (unpaired) electrons. The molecule has 5 nitrogen and oxygen atoms in total. The lowest BCUT2D eigenvalue weighted by atomic mass is 9.80. The third kappa shape index (κ3) is 3.83. The van der Waals surface area contributed by atoms with Gasteiger partial charge in [0.1, 0.15) is 5.78 Å². The minimum absolute atomic E-state index is 0.0552. The normalized spacial score (nSPS) is 28.3. The van der Waals surface area contributed by atoms with Gasteiger partial charge in [-0.1, -0.05) is 13.3 Å². The van der Waals surface area contributed by atoms with E-state index >= 15 is 0 Å². The summed E-state index contributed by atoms with van der Waals surface area (Å²) in [6.07, 6.45) is 5.72. The molecule has 2 atom stereocenters. The van der Waals surface area contributed by atoms with E-state index in [1.54, 1.807) is 6.92 Å². The summed E-state index contributed by atoms with van der Waals surface area (Å²) in [5.41, 5.74) is 2.00. The van der Waals surface area contributed by atoms with Crippen molar-refractivity contribution in [1.29, 1.82) is 0 Å². The lowest BCUT2D eigenvalue weighted by Crippen LogP contribution is -2.54. The van der Waals surface area contributed by atoms with Crippen LogP contribution in [-0.2, 0) is 9.59 Å². The summed E-state index contributed by atoms with van der Waals surface area (Å²) in [6, 6.07) is 1.14. The number of piperidine rings is 1. The number of carbonyl (C=O) groups excluding carboxylic acids is 2. The molecular formula is C21H35N3O2. The minimum Gasteiger partial charge on any atom is -0.384 e. The molecule has 0 aliphatic carbocycles. The predicted molar refractivity (Wildman–Crippen MR) is 104 cm³/mol. The maximum Gasteiger partial charge on any atom is 0.251 e. The molecule has 3 aliphatic rings. The molecule has 3 aliphatic heterocycles. The Kier molecular flexibility index (Phi) is 6.06. The molecule has 1 saturated heterocycles. The fourth-order valence-corrected chi connectivity index (χ4v) is 4.92.